The topological polar surface area (TPSA) is 101 Å². The minimum absolute atomic E-state index is 0.0126. The molecule has 1 aromatic heterocycles. The third kappa shape index (κ3) is 2.12. The highest BCUT2D eigenvalue weighted by Crippen LogP contribution is 2.41. The van der Waals surface area contributed by atoms with E-state index in [1.165, 1.54) is 6.20 Å². The van der Waals surface area contributed by atoms with E-state index in [1.54, 1.807) is 18.4 Å². The van der Waals surface area contributed by atoms with Crippen LogP contribution < -0.4 is 15.2 Å². The molecular formula is C15H14FN3O5. The summed E-state index contributed by atoms with van der Waals surface area (Å²) < 4.78 is 21.7. The zero-order valence-corrected chi connectivity index (χ0v) is 12.9. The Morgan fingerprint density at radius 1 is 1.58 bits per heavy atom. The fraction of sp³-hybridized carbons (Fsp3) is 0.333. The minimum Gasteiger partial charge on any atom is -0.487 e. The number of nitrogens with zero attached hydrogens (tertiary/aromatic N) is 3. The summed E-state index contributed by atoms with van der Waals surface area (Å²) in [6, 6.07) is 0.658. The van der Waals surface area contributed by atoms with Gasteiger partial charge >= 0.3 is 5.97 Å². The number of rotatable bonds is 4. The van der Waals surface area contributed by atoms with Crippen LogP contribution in [0.25, 0.3) is 10.9 Å². The molecule has 2 heterocycles. The van der Waals surface area contributed by atoms with Crippen molar-refractivity contribution >= 4 is 22.6 Å². The van der Waals surface area contributed by atoms with E-state index in [-0.39, 0.29) is 41.5 Å². The van der Waals surface area contributed by atoms with E-state index in [2.05, 4.69) is 5.29 Å². The summed E-state index contributed by atoms with van der Waals surface area (Å²) in [4.78, 5) is 34.6. The molecule has 24 heavy (non-hydrogen) atoms. The van der Waals surface area contributed by atoms with Crippen LogP contribution in [-0.2, 0) is 0 Å². The molecule has 0 saturated heterocycles. The maximum Gasteiger partial charge on any atom is 0.341 e. The molecule has 1 aliphatic rings. The number of pyridine rings is 1. The van der Waals surface area contributed by atoms with Gasteiger partial charge in [0.25, 0.3) is 0 Å². The second-order valence-corrected chi connectivity index (χ2v) is 5.47. The molecule has 0 amide bonds. The Hall–Kier alpha value is -2.97. The zero-order chi connectivity index (χ0) is 17.6. The summed E-state index contributed by atoms with van der Waals surface area (Å²) >= 11 is 0. The quantitative estimate of drug-likeness (QED) is 0.679. The molecule has 1 aromatic carbocycles. The lowest BCUT2D eigenvalue weighted by molar-refractivity contribution is 0.0694. The van der Waals surface area contributed by atoms with Gasteiger partial charge in [-0.15, -0.1) is 4.91 Å². The number of anilines is 1. The number of ether oxygens (including phenoxy) is 1. The number of nitroso groups, excluding NO2 is 1. The molecule has 0 unspecified atom stereocenters. The number of halogens is 1. The number of hydrogen-bond donors (Lipinski definition) is 1. The lowest BCUT2D eigenvalue weighted by atomic mass is 10.1. The third-order valence-electron chi connectivity index (χ3n) is 4.03. The van der Waals surface area contributed by atoms with Crippen LogP contribution in [0.2, 0.25) is 0 Å². The van der Waals surface area contributed by atoms with Crippen molar-refractivity contribution in [3.63, 3.8) is 0 Å². The van der Waals surface area contributed by atoms with Gasteiger partial charge in [-0.1, -0.05) is 0 Å². The van der Waals surface area contributed by atoms with Gasteiger partial charge in [0, 0.05) is 12.7 Å². The Labute approximate surface area is 135 Å². The predicted octanol–water partition coefficient (Wildman–Crippen LogP) is 2.30. The highest BCUT2D eigenvalue weighted by Gasteiger charge is 2.30. The number of carboxylic acid groups (broad SMARTS) is 1. The average Bonchev–Trinajstić information content (AvgIpc) is 2.55. The van der Waals surface area contributed by atoms with Crippen molar-refractivity contribution < 1.29 is 19.0 Å². The fourth-order valence-electron chi connectivity index (χ4n) is 2.86. The molecule has 0 saturated carbocycles. The lowest BCUT2D eigenvalue weighted by Gasteiger charge is -2.29. The maximum absolute atomic E-state index is 14.5. The second kappa shape index (κ2) is 5.59. The van der Waals surface area contributed by atoms with Gasteiger partial charge in [-0.2, -0.15) is 0 Å². The molecule has 3 rings (SSSR count). The van der Waals surface area contributed by atoms with E-state index in [1.807, 2.05) is 0 Å². The molecule has 0 bridgehead atoms. The Balaban J connectivity index is 2.50. The molecule has 2 aromatic rings. The van der Waals surface area contributed by atoms with Crippen LogP contribution in [-0.4, -0.2) is 28.8 Å². The Morgan fingerprint density at radius 3 is 2.88 bits per heavy atom. The van der Waals surface area contributed by atoms with Crippen LogP contribution in [0.3, 0.4) is 0 Å². The van der Waals surface area contributed by atoms with E-state index in [9.17, 15) is 24.0 Å². The first kappa shape index (κ1) is 15.9. The van der Waals surface area contributed by atoms with E-state index in [4.69, 9.17) is 4.74 Å². The summed E-state index contributed by atoms with van der Waals surface area (Å²) in [5, 5.41) is 12.8. The summed E-state index contributed by atoms with van der Waals surface area (Å²) in [6.07, 6.45) is 1.22. The third-order valence-corrected chi connectivity index (χ3v) is 4.03. The maximum atomic E-state index is 14.5. The number of hydrogen-bond acceptors (Lipinski definition) is 5. The van der Waals surface area contributed by atoms with Crippen LogP contribution in [0, 0.1) is 10.7 Å². The van der Waals surface area contributed by atoms with Crippen molar-refractivity contribution in [1.29, 1.82) is 0 Å². The second-order valence-electron chi connectivity index (χ2n) is 5.47. The summed E-state index contributed by atoms with van der Waals surface area (Å²) in [5.74, 6) is -2.25. The Morgan fingerprint density at radius 2 is 2.29 bits per heavy atom. The van der Waals surface area contributed by atoms with Gasteiger partial charge in [-0.3, -0.25) is 4.79 Å². The molecule has 1 aliphatic heterocycles. The van der Waals surface area contributed by atoms with E-state index < -0.39 is 22.8 Å². The minimum atomic E-state index is -1.39. The fourth-order valence-corrected chi connectivity index (χ4v) is 2.86. The van der Waals surface area contributed by atoms with Crippen molar-refractivity contribution in [2.24, 2.45) is 5.29 Å². The van der Waals surface area contributed by atoms with Gasteiger partial charge in [0.2, 0.25) is 5.43 Å². The van der Waals surface area contributed by atoms with Crippen LogP contribution in [0.5, 0.6) is 5.75 Å². The van der Waals surface area contributed by atoms with Gasteiger partial charge in [0.15, 0.2) is 11.6 Å². The van der Waals surface area contributed by atoms with Crippen molar-refractivity contribution in [3.8, 4) is 5.75 Å². The molecular weight excluding hydrogens is 321 g/mol. The first-order valence-corrected chi connectivity index (χ1v) is 7.28. The summed E-state index contributed by atoms with van der Waals surface area (Å²) in [7, 11) is 0. The predicted molar refractivity (Wildman–Crippen MR) is 84.1 cm³/mol. The zero-order valence-electron chi connectivity index (χ0n) is 12.9. The summed E-state index contributed by atoms with van der Waals surface area (Å²) in [5.41, 5.74) is -1.17. The normalized spacial score (nSPS) is 15.9. The number of benzene rings is 1. The van der Waals surface area contributed by atoms with E-state index in [0.717, 1.165) is 11.1 Å². The lowest BCUT2D eigenvalue weighted by Crippen LogP contribution is -2.28. The number of aromatic nitrogens is 1. The number of carboxylic acids is 1. The molecule has 126 valence electrons. The van der Waals surface area contributed by atoms with Crippen LogP contribution in [0.15, 0.2) is 22.3 Å². The number of carbonyl (C=O) groups is 1. The van der Waals surface area contributed by atoms with Gasteiger partial charge in [0.05, 0.1) is 22.2 Å². The van der Waals surface area contributed by atoms with Crippen molar-refractivity contribution in [3.05, 3.63) is 38.8 Å². The highest BCUT2D eigenvalue weighted by atomic mass is 19.1. The summed E-state index contributed by atoms with van der Waals surface area (Å²) in [6.45, 7) is 3.63. The average molecular weight is 335 g/mol. The smallest absolute Gasteiger partial charge is 0.341 e. The monoisotopic (exact) mass is 335 g/mol. The van der Waals surface area contributed by atoms with Crippen molar-refractivity contribution in [2.45, 2.75) is 19.9 Å². The van der Waals surface area contributed by atoms with Gasteiger partial charge in [-0.25, -0.2) is 14.2 Å². The standard InChI is InChI=1S/C15H14FN3O5/c1-3-19(17-23)12-10(16)4-8-11-14(12)24-6-7(2)18(11)5-9(13(8)20)15(21)22/h4-5,7H,3,6H2,1-2H3,(H,21,22)/t7-/m0/s1. The molecule has 0 spiro atoms. The Bertz CT molecular complexity index is 924. The first-order valence-electron chi connectivity index (χ1n) is 7.28. The molecule has 9 heteroatoms. The van der Waals surface area contributed by atoms with Crippen molar-refractivity contribution in [1.82, 2.24) is 4.57 Å². The van der Waals surface area contributed by atoms with Crippen LogP contribution in [0.1, 0.15) is 30.2 Å². The molecule has 8 nitrogen and oxygen atoms in total. The first-order chi connectivity index (χ1) is 11.4. The van der Waals surface area contributed by atoms with E-state index >= 15 is 0 Å². The molecule has 0 fully saturated rings. The molecule has 0 aliphatic carbocycles. The molecule has 1 N–H and O–H groups in total. The van der Waals surface area contributed by atoms with Gasteiger partial charge < -0.3 is 14.4 Å². The SMILES string of the molecule is CCN(N=O)c1c(F)cc2c(=O)c(C(=O)O)cn3c2c1OC[C@@H]3C. The highest BCUT2D eigenvalue weighted by molar-refractivity contribution is 5.97. The Kier molecular flexibility index (Phi) is 3.70. The molecule has 1 atom stereocenters. The largest absolute Gasteiger partial charge is 0.487 e. The van der Waals surface area contributed by atoms with E-state index in [0.29, 0.717) is 0 Å². The van der Waals surface area contributed by atoms with Crippen LogP contribution in [0.4, 0.5) is 10.1 Å². The van der Waals surface area contributed by atoms with Gasteiger partial charge in [-0.05, 0) is 19.9 Å². The van der Waals surface area contributed by atoms with Crippen molar-refractivity contribution in [2.75, 3.05) is 18.2 Å². The van der Waals surface area contributed by atoms with Gasteiger partial charge in [0.1, 0.15) is 17.9 Å². The molecule has 0 radical (unpaired) electrons. The number of aromatic carboxylic acids is 1. The van der Waals surface area contributed by atoms with Crippen LogP contribution >= 0.6 is 0 Å².